The van der Waals surface area contributed by atoms with E-state index in [0.717, 1.165) is 27.0 Å². The largest absolute Gasteiger partial charge is 0.497 e. The molecule has 2 aromatic carbocycles. The Morgan fingerprint density at radius 3 is 2.60 bits per heavy atom. The number of hydrogen-bond donors (Lipinski definition) is 1. The van der Waals surface area contributed by atoms with Crippen LogP contribution in [-0.4, -0.2) is 29.9 Å². The van der Waals surface area contributed by atoms with E-state index in [9.17, 15) is 9.59 Å². The molecule has 8 heteroatoms. The Balaban J connectivity index is 1.36. The van der Waals surface area contributed by atoms with Crippen LogP contribution in [-0.2, 0) is 11.3 Å². The highest BCUT2D eigenvalue weighted by atomic mass is 32.2. The molecule has 5 atom stereocenters. The van der Waals surface area contributed by atoms with Gasteiger partial charge in [0.15, 0.2) is 0 Å². The average molecular weight is 509 g/mol. The minimum Gasteiger partial charge on any atom is -0.497 e. The zero-order valence-corrected chi connectivity index (χ0v) is 21.4. The fraction of sp³-hybridized carbons (Fsp3) is 0.407. The first-order chi connectivity index (χ1) is 17.1. The van der Waals surface area contributed by atoms with E-state index in [1.165, 1.54) is 30.6 Å². The SMILES string of the molecule is COc1ccc(NC(=O)Cn2c3c(sc2=O)C(c2ccccc2OC)C2C4CCC(C4)C2S3)cc1. The Morgan fingerprint density at radius 2 is 1.83 bits per heavy atom. The first-order valence-corrected chi connectivity index (χ1v) is 13.7. The molecule has 1 aliphatic heterocycles. The second-order valence-electron chi connectivity index (χ2n) is 9.61. The van der Waals surface area contributed by atoms with E-state index < -0.39 is 0 Å². The number of carbonyl (C=O) groups excluding carboxylic acids is 1. The maximum absolute atomic E-state index is 13.2. The number of hydrogen-bond acceptors (Lipinski definition) is 6. The van der Waals surface area contributed by atoms with Crippen LogP contribution in [0.1, 0.15) is 35.6 Å². The van der Waals surface area contributed by atoms with Crippen molar-refractivity contribution in [3.8, 4) is 11.5 Å². The Kier molecular flexibility index (Phi) is 5.89. The minimum atomic E-state index is -0.206. The van der Waals surface area contributed by atoms with E-state index in [1.807, 2.05) is 23.9 Å². The van der Waals surface area contributed by atoms with Crippen molar-refractivity contribution >= 4 is 34.7 Å². The Bertz CT molecular complexity index is 1320. The van der Waals surface area contributed by atoms with Gasteiger partial charge in [-0.05, 0) is 67.3 Å². The topological polar surface area (TPSA) is 69.6 Å². The normalized spacial score (nSPS) is 26.2. The Hall–Kier alpha value is -2.71. The number of aromatic nitrogens is 1. The van der Waals surface area contributed by atoms with Crippen LogP contribution in [0.2, 0.25) is 0 Å². The average Bonchev–Trinajstić information content (AvgIpc) is 3.57. The molecule has 1 amide bonds. The summed E-state index contributed by atoms with van der Waals surface area (Å²) < 4.78 is 12.6. The second-order valence-corrected chi connectivity index (χ2v) is 11.8. The fourth-order valence-electron chi connectivity index (χ4n) is 6.38. The van der Waals surface area contributed by atoms with Crippen molar-refractivity contribution in [2.45, 2.75) is 42.0 Å². The zero-order chi connectivity index (χ0) is 24.1. The van der Waals surface area contributed by atoms with E-state index in [1.54, 1.807) is 43.1 Å². The van der Waals surface area contributed by atoms with Gasteiger partial charge in [-0.2, -0.15) is 0 Å². The molecule has 1 N–H and O–H groups in total. The van der Waals surface area contributed by atoms with Crippen LogP contribution in [0, 0.1) is 17.8 Å². The molecule has 5 unspecified atom stereocenters. The standard InChI is InChI=1S/C27H28N2O4S2/c1-32-18-11-9-17(10-12-18)28-21(30)14-29-26-25(35-27(29)31)23(19-5-3-4-6-20(19)33-2)22-15-7-8-16(13-15)24(22)34-26/h3-6,9-12,15-16,22-24H,7-8,13-14H2,1-2H3,(H,28,30). The number of fused-ring (bicyclic) bond motifs is 6. The molecule has 0 saturated heterocycles. The predicted molar refractivity (Wildman–Crippen MR) is 139 cm³/mol. The highest BCUT2D eigenvalue weighted by Crippen LogP contribution is 2.64. The molecule has 0 radical (unpaired) electrons. The summed E-state index contributed by atoms with van der Waals surface area (Å²) in [6, 6.07) is 15.4. The number of thiazole rings is 1. The number of para-hydroxylation sites is 1. The van der Waals surface area contributed by atoms with E-state index in [2.05, 4.69) is 17.4 Å². The molecular weight excluding hydrogens is 480 g/mol. The molecule has 3 aromatic rings. The molecule has 182 valence electrons. The number of methoxy groups -OCH3 is 2. The zero-order valence-electron chi connectivity index (χ0n) is 19.7. The maximum Gasteiger partial charge on any atom is 0.308 e. The van der Waals surface area contributed by atoms with Crippen molar-refractivity contribution in [3.63, 3.8) is 0 Å². The molecule has 0 spiro atoms. The lowest BCUT2D eigenvalue weighted by molar-refractivity contribution is -0.116. The number of amides is 1. The van der Waals surface area contributed by atoms with Gasteiger partial charge >= 0.3 is 4.87 Å². The number of carbonyl (C=O) groups is 1. The van der Waals surface area contributed by atoms with Crippen molar-refractivity contribution < 1.29 is 14.3 Å². The third-order valence-corrected chi connectivity index (χ3v) is 10.7. The number of anilines is 1. The summed E-state index contributed by atoms with van der Waals surface area (Å²) in [6.07, 6.45) is 3.80. The highest BCUT2D eigenvalue weighted by Gasteiger charge is 2.55. The number of thioether (sulfide) groups is 1. The number of rotatable bonds is 6. The van der Waals surface area contributed by atoms with Gasteiger partial charge in [0.25, 0.3) is 0 Å². The molecule has 6 rings (SSSR count). The number of benzene rings is 2. The van der Waals surface area contributed by atoms with Crippen molar-refractivity contribution in [3.05, 3.63) is 68.6 Å². The summed E-state index contributed by atoms with van der Waals surface area (Å²) in [5, 5.41) is 4.36. The van der Waals surface area contributed by atoms with Crippen molar-refractivity contribution in [2.75, 3.05) is 19.5 Å². The lowest BCUT2D eigenvalue weighted by Gasteiger charge is -2.40. The Labute approximate surface area is 212 Å². The van der Waals surface area contributed by atoms with Gasteiger partial charge < -0.3 is 14.8 Å². The monoisotopic (exact) mass is 508 g/mol. The molecule has 2 aliphatic carbocycles. The van der Waals surface area contributed by atoms with Gasteiger partial charge in [-0.25, -0.2) is 0 Å². The molecule has 2 fully saturated rings. The molecule has 2 saturated carbocycles. The lowest BCUT2D eigenvalue weighted by atomic mass is 9.74. The maximum atomic E-state index is 13.2. The fourth-order valence-corrected chi connectivity index (χ4v) is 9.52. The predicted octanol–water partition coefficient (Wildman–Crippen LogP) is 5.22. The van der Waals surface area contributed by atoms with Gasteiger partial charge in [-0.15, -0.1) is 11.8 Å². The van der Waals surface area contributed by atoms with Crippen LogP contribution in [0.3, 0.4) is 0 Å². The van der Waals surface area contributed by atoms with Gasteiger partial charge in [0.05, 0.1) is 19.2 Å². The van der Waals surface area contributed by atoms with Crippen molar-refractivity contribution in [1.29, 1.82) is 0 Å². The van der Waals surface area contributed by atoms with Crippen LogP contribution in [0.25, 0.3) is 0 Å². The molecule has 35 heavy (non-hydrogen) atoms. The molecule has 1 aromatic heterocycles. The van der Waals surface area contributed by atoms with Gasteiger partial charge in [0.1, 0.15) is 18.0 Å². The van der Waals surface area contributed by atoms with E-state index in [0.29, 0.717) is 28.7 Å². The summed E-state index contributed by atoms with van der Waals surface area (Å²) in [5.41, 5.74) is 1.84. The van der Waals surface area contributed by atoms with Crippen molar-refractivity contribution in [2.24, 2.45) is 17.8 Å². The molecule has 2 bridgehead atoms. The van der Waals surface area contributed by atoms with E-state index in [-0.39, 0.29) is 23.2 Å². The smallest absolute Gasteiger partial charge is 0.308 e. The first-order valence-electron chi connectivity index (χ1n) is 12.0. The summed E-state index contributed by atoms with van der Waals surface area (Å²) in [7, 11) is 3.32. The minimum absolute atomic E-state index is 0.00776. The second kappa shape index (κ2) is 9.06. The highest BCUT2D eigenvalue weighted by molar-refractivity contribution is 8.00. The Morgan fingerprint density at radius 1 is 1.06 bits per heavy atom. The van der Waals surface area contributed by atoms with E-state index >= 15 is 0 Å². The molecule has 6 nitrogen and oxygen atoms in total. The van der Waals surface area contributed by atoms with E-state index in [4.69, 9.17) is 9.47 Å². The van der Waals surface area contributed by atoms with Crippen LogP contribution in [0.15, 0.2) is 58.4 Å². The van der Waals surface area contributed by atoms with Crippen LogP contribution >= 0.6 is 23.1 Å². The number of nitrogens with one attached hydrogen (secondary N) is 1. The van der Waals surface area contributed by atoms with Crippen LogP contribution in [0.5, 0.6) is 11.5 Å². The van der Waals surface area contributed by atoms with Gasteiger partial charge in [0.2, 0.25) is 5.91 Å². The van der Waals surface area contributed by atoms with Gasteiger partial charge in [-0.3, -0.25) is 14.2 Å². The summed E-state index contributed by atoms with van der Waals surface area (Å²) in [4.78, 5) is 27.2. The number of nitrogens with zero attached hydrogens (tertiary/aromatic N) is 1. The summed E-state index contributed by atoms with van der Waals surface area (Å²) in [5.74, 6) is 3.39. The van der Waals surface area contributed by atoms with Crippen molar-refractivity contribution in [1.82, 2.24) is 4.57 Å². The van der Waals surface area contributed by atoms with Gasteiger partial charge in [0, 0.05) is 27.3 Å². The molecule has 3 aliphatic rings. The third-order valence-electron chi connectivity index (χ3n) is 7.84. The summed E-state index contributed by atoms with van der Waals surface area (Å²) in [6.45, 7) is 0.00776. The molecule has 2 heterocycles. The summed E-state index contributed by atoms with van der Waals surface area (Å²) >= 11 is 3.14. The lowest BCUT2D eigenvalue weighted by Crippen LogP contribution is -2.35. The van der Waals surface area contributed by atoms with Crippen LogP contribution in [0.4, 0.5) is 5.69 Å². The van der Waals surface area contributed by atoms with Crippen LogP contribution < -0.4 is 19.7 Å². The molecular formula is C27H28N2O4S2. The third kappa shape index (κ3) is 3.87. The first kappa shape index (κ1) is 22.7. The number of ether oxygens (including phenoxy) is 2. The quantitative estimate of drug-likeness (QED) is 0.495. The van der Waals surface area contributed by atoms with Gasteiger partial charge in [-0.1, -0.05) is 29.5 Å².